The predicted molar refractivity (Wildman–Crippen MR) is 88.5 cm³/mol. The molecule has 2 amide bonds. The van der Waals surface area contributed by atoms with Gasteiger partial charge in [0.25, 0.3) is 0 Å². The van der Waals surface area contributed by atoms with E-state index in [1.165, 1.54) is 0 Å². The Morgan fingerprint density at radius 1 is 1.35 bits per heavy atom. The number of nitrogens with one attached hydrogen (secondary N) is 1. The van der Waals surface area contributed by atoms with Crippen molar-refractivity contribution in [3.8, 4) is 0 Å². The number of aliphatic hydroxyl groups excluding tert-OH is 1. The third-order valence-electron chi connectivity index (χ3n) is 4.29. The van der Waals surface area contributed by atoms with Gasteiger partial charge in [0.05, 0.1) is 25.2 Å². The number of aliphatic hydroxyl groups is 1. The third kappa shape index (κ3) is 5.91. The largest absolute Gasteiger partial charge is 0.393 e. The summed E-state index contributed by atoms with van der Waals surface area (Å²) >= 11 is 0. The molecule has 1 atom stereocenters. The molecule has 2 saturated heterocycles. The zero-order valence-electron chi connectivity index (χ0n) is 13.7. The minimum atomic E-state index is -0.435. The zero-order valence-corrected chi connectivity index (χ0v) is 14.5. The lowest BCUT2D eigenvalue weighted by Crippen LogP contribution is -2.57. The molecule has 2 aliphatic rings. The van der Waals surface area contributed by atoms with Crippen molar-refractivity contribution < 1.29 is 19.4 Å². The first kappa shape index (κ1) is 20.2. The van der Waals surface area contributed by atoms with Crippen LogP contribution in [0.25, 0.3) is 0 Å². The van der Waals surface area contributed by atoms with E-state index >= 15 is 0 Å². The van der Waals surface area contributed by atoms with Gasteiger partial charge in [-0.15, -0.1) is 12.4 Å². The van der Waals surface area contributed by atoms with Gasteiger partial charge in [-0.3, -0.25) is 9.59 Å². The number of piperidine rings is 1. The molecular formula is C15H28ClN3O4. The first-order valence-corrected chi connectivity index (χ1v) is 8.17. The standard InChI is InChI=1S/C15H27N3O4.ClH/c1-2-22-10-9-18-8-5-16-13(15(18)21)11-14(20)17-6-3-12(19)4-7-17;/h12-13,16,19H,2-11H2,1H3;1H. The quantitative estimate of drug-likeness (QED) is 0.639. The Balaban J connectivity index is 0.00000264. The maximum absolute atomic E-state index is 12.4. The van der Waals surface area contributed by atoms with E-state index in [2.05, 4.69) is 5.32 Å². The van der Waals surface area contributed by atoms with Crippen LogP contribution in [0, 0.1) is 0 Å². The summed E-state index contributed by atoms with van der Waals surface area (Å²) in [4.78, 5) is 28.2. The minimum Gasteiger partial charge on any atom is -0.393 e. The topological polar surface area (TPSA) is 82.1 Å². The van der Waals surface area contributed by atoms with Crippen LogP contribution in [0.5, 0.6) is 0 Å². The average molecular weight is 350 g/mol. The molecule has 0 aliphatic carbocycles. The Hall–Kier alpha value is -0.890. The number of rotatable bonds is 6. The van der Waals surface area contributed by atoms with Gasteiger partial charge in [-0.25, -0.2) is 0 Å². The van der Waals surface area contributed by atoms with E-state index in [4.69, 9.17) is 4.74 Å². The fourth-order valence-corrected chi connectivity index (χ4v) is 2.91. The summed E-state index contributed by atoms with van der Waals surface area (Å²) in [6.45, 7) is 6.20. The first-order valence-electron chi connectivity index (χ1n) is 8.17. The smallest absolute Gasteiger partial charge is 0.240 e. The number of hydrogen-bond donors (Lipinski definition) is 2. The molecule has 2 N–H and O–H groups in total. The van der Waals surface area contributed by atoms with E-state index in [0.29, 0.717) is 58.8 Å². The van der Waals surface area contributed by atoms with Gasteiger partial charge < -0.3 is 25.0 Å². The van der Waals surface area contributed by atoms with E-state index in [0.717, 1.165) is 0 Å². The molecule has 2 fully saturated rings. The van der Waals surface area contributed by atoms with Crippen LogP contribution in [-0.4, -0.2) is 84.8 Å². The number of amides is 2. The SMILES string of the molecule is CCOCCN1CCNC(CC(=O)N2CCC(O)CC2)C1=O.Cl. The highest BCUT2D eigenvalue weighted by atomic mass is 35.5. The molecule has 0 saturated carbocycles. The van der Waals surface area contributed by atoms with Crippen molar-refractivity contribution >= 4 is 24.2 Å². The zero-order chi connectivity index (χ0) is 15.9. The number of nitrogens with zero attached hydrogens (tertiary/aromatic N) is 2. The number of ether oxygens (including phenoxy) is 1. The lowest BCUT2D eigenvalue weighted by molar-refractivity contribution is -0.142. The first-order chi connectivity index (χ1) is 10.6. The maximum Gasteiger partial charge on any atom is 0.240 e. The summed E-state index contributed by atoms with van der Waals surface area (Å²) in [5.74, 6) is -0.0271. The molecule has 7 nitrogen and oxygen atoms in total. The Bertz CT molecular complexity index is 389. The van der Waals surface area contributed by atoms with Crippen molar-refractivity contribution in [2.75, 3.05) is 45.9 Å². The molecule has 0 bridgehead atoms. The monoisotopic (exact) mass is 349 g/mol. The second-order valence-electron chi connectivity index (χ2n) is 5.85. The number of likely N-dealkylation sites (tertiary alicyclic amines) is 1. The van der Waals surface area contributed by atoms with Gasteiger partial charge in [-0.2, -0.15) is 0 Å². The molecule has 23 heavy (non-hydrogen) atoms. The van der Waals surface area contributed by atoms with Gasteiger partial charge in [-0.1, -0.05) is 0 Å². The lowest BCUT2D eigenvalue weighted by atomic mass is 10.1. The van der Waals surface area contributed by atoms with Crippen LogP contribution in [-0.2, 0) is 14.3 Å². The molecule has 0 aromatic rings. The van der Waals surface area contributed by atoms with E-state index < -0.39 is 6.04 Å². The average Bonchev–Trinajstić information content (AvgIpc) is 2.51. The van der Waals surface area contributed by atoms with Crippen LogP contribution in [0.15, 0.2) is 0 Å². The Labute approximate surface area is 143 Å². The highest BCUT2D eigenvalue weighted by Gasteiger charge is 2.32. The van der Waals surface area contributed by atoms with Crippen LogP contribution in [0.1, 0.15) is 26.2 Å². The molecular weight excluding hydrogens is 322 g/mol. The van der Waals surface area contributed by atoms with E-state index in [1.807, 2.05) is 6.92 Å². The Morgan fingerprint density at radius 3 is 2.70 bits per heavy atom. The van der Waals surface area contributed by atoms with Gasteiger partial charge in [-0.05, 0) is 19.8 Å². The number of hydrogen-bond acceptors (Lipinski definition) is 5. The number of carbonyl (C=O) groups is 2. The van der Waals surface area contributed by atoms with E-state index in [-0.39, 0.29) is 36.7 Å². The number of carbonyl (C=O) groups excluding carboxylic acids is 2. The molecule has 2 aliphatic heterocycles. The maximum atomic E-state index is 12.4. The van der Waals surface area contributed by atoms with Crippen LogP contribution < -0.4 is 5.32 Å². The van der Waals surface area contributed by atoms with Gasteiger partial charge in [0.1, 0.15) is 0 Å². The second-order valence-corrected chi connectivity index (χ2v) is 5.85. The number of piperazine rings is 1. The van der Waals surface area contributed by atoms with Gasteiger partial charge in [0, 0.05) is 39.3 Å². The highest BCUT2D eigenvalue weighted by Crippen LogP contribution is 2.13. The molecule has 0 aromatic carbocycles. The molecule has 8 heteroatoms. The van der Waals surface area contributed by atoms with Gasteiger partial charge in [0.2, 0.25) is 11.8 Å². The van der Waals surface area contributed by atoms with Crippen molar-refractivity contribution in [3.63, 3.8) is 0 Å². The predicted octanol–water partition coefficient (Wildman–Crippen LogP) is -0.381. The van der Waals surface area contributed by atoms with Crippen molar-refractivity contribution in [1.82, 2.24) is 15.1 Å². The summed E-state index contributed by atoms with van der Waals surface area (Å²) in [6, 6.07) is -0.435. The number of halogens is 1. The van der Waals surface area contributed by atoms with E-state index in [9.17, 15) is 14.7 Å². The van der Waals surface area contributed by atoms with Crippen LogP contribution in [0.4, 0.5) is 0 Å². The second kappa shape index (κ2) is 10.1. The van der Waals surface area contributed by atoms with Gasteiger partial charge >= 0.3 is 0 Å². The molecule has 2 rings (SSSR count). The molecule has 2 heterocycles. The normalized spacial score (nSPS) is 22.9. The Morgan fingerprint density at radius 2 is 2.04 bits per heavy atom. The third-order valence-corrected chi connectivity index (χ3v) is 4.29. The van der Waals surface area contributed by atoms with E-state index in [1.54, 1.807) is 9.80 Å². The lowest BCUT2D eigenvalue weighted by Gasteiger charge is -2.35. The minimum absolute atomic E-state index is 0. The van der Waals surface area contributed by atoms with Crippen LogP contribution in [0.3, 0.4) is 0 Å². The van der Waals surface area contributed by atoms with Crippen LogP contribution in [0.2, 0.25) is 0 Å². The van der Waals surface area contributed by atoms with Crippen molar-refractivity contribution in [1.29, 1.82) is 0 Å². The molecule has 134 valence electrons. The summed E-state index contributed by atoms with van der Waals surface area (Å²) in [6.07, 6.45) is 1.14. The Kier molecular flexibility index (Phi) is 8.83. The highest BCUT2D eigenvalue weighted by molar-refractivity contribution is 5.89. The molecule has 0 radical (unpaired) electrons. The summed E-state index contributed by atoms with van der Waals surface area (Å²) in [5.41, 5.74) is 0. The molecule has 1 unspecified atom stereocenters. The fraction of sp³-hybridized carbons (Fsp3) is 0.867. The summed E-state index contributed by atoms with van der Waals surface area (Å²) in [5, 5.41) is 12.6. The fourth-order valence-electron chi connectivity index (χ4n) is 2.91. The van der Waals surface area contributed by atoms with Crippen molar-refractivity contribution in [2.24, 2.45) is 0 Å². The summed E-state index contributed by atoms with van der Waals surface area (Å²) in [7, 11) is 0. The van der Waals surface area contributed by atoms with Gasteiger partial charge in [0.15, 0.2) is 0 Å². The van der Waals surface area contributed by atoms with Crippen molar-refractivity contribution in [3.05, 3.63) is 0 Å². The van der Waals surface area contributed by atoms with Crippen LogP contribution >= 0.6 is 12.4 Å². The molecule has 0 spiro atoms. The molecule has 0 aromatic heterocycles. The summed E-state index contributed by atoms with van der Waals surface area (Å²) < 4.78 is 5.29. The van der Waals surface area contributed by atoms with Crippen molar-refractivity contribution in [2.45, 2.75) is 38.3 Å².